The Morgan fingerprint density at radius 2 is 2.04 bits per heavy atom. The largest absolute Gasteiger partial charge is 0.486 e. The van der Waals surface area contributed by atoms with E-state index in [1.54, 1.807) is 16.8 Å². The predicted molar refractivity (Wildman–Crippen MR) is 93.6 cm³/mol. The molecule has 2 fully saturated rings. The van der Waals surface area contributed by atoms with Gasteiger partial charge in [0.25, 0.3) is 0 Å². The number of anilines is 2. The number of nitrogens with zero attached hydrogens (tertiary/aromatic N) is 4. The van der Waals surface area contributed by atoms with Gasteiger partial charge >= 0.3 is 0 Å². The zero-order valence-electron chi connectivity index (χ0n) is 13.7. The van der Waals surface area contributed by atoms with E-state index in [0.717, 1.165) is 48.4 Å². The van der Waals surface area contributed by atoms with Crippen molar-refractivity contribution in [3.05, 3.63) is 23.7 Å². The Balaban J connectivity index is 1.37. The molecule has 0 bridgehead atoms. The van der Waals surface area contributed by atoms with Crippen LogP contribution in [0.1, 0.15) is 12.8 Å². The molecule has 8 heteroatoms. The number of carbonyl (C=O) groups is 1. The van der Waals surface area contributed by atoms with Gasteiger partial charge < -0.3 is 19.3 Å². The third kappa shape index (κ3) is 2.52. The number of fused-ring (bicyclic) bond motifs is 1. The number of aromatic nitrogens is 2. The summed E-state index contributed by atoms with van der Waals surface area (Å²) in [6, 6.07) is 5.76. The summed E-state index contributed by atoms with van der Waals surface area (Å²) in [5, 5.41) is 9.03. The van der Waals surface area contributed by atoms with Gasteiger partial charge in [0, 0.05) is 43.2 Å². The Bertz CT molecular complexity index is 812. The highest BCUT2D eigenvalue weighted by Crippen LogP contribution is 2.44. The van der Waals surface area contributed by atoms with Crippen molar-refractivity contribution in [3.8, 4) is 11.5 Å². The van der Waals surface area contributed by atoms with Gasteiger partial charge in [-0.15, -0.1) is 10.2 Å². The first-order valence-electron chi connectivity index (χ1n) is 8.44. The average molecular weight is 358 g/mol. The van der Waals surface area contributed by atoms with Crippen LogP contribution in [0, 0.1) is 5.41 Å². The molecule has 5 rings (SSSR count). The molecule has 1 spiro atoms. The Morgan fingerprint density at radius 1 is 1.16 bits per heavy atom. The van der Waals surface area contributed by atoms with Gasteiger partial charge in [-0.2, -0.15) is 0 Å². The maximum Gasteiger partial charge on any atom is 0.227 e. The number of hydrogen-bond donors (Lipinski definition) is 0. The van der Waals surface area contributed by atoms with Gasteiger partial charge in [0.2, 0.25) is 11.0 Å². The lowest BCUT2D eigenvalue weighted by Crippen LogP contribution is -2.31. The molecule has 25 heavy (non-hydrogen) atoms. The minimum absolute atomic E-state index is 0.00395. The number of hydrogen-bond acceptors (Lipinski definition) is 7. The maximum absolute atomic E-state index is 12.7. The Kier molecular flexibility index (Phi) is 3.34. The summed E-state index contributed by atoms with van der Waals surface area (Å²) in [5.41, 5.74) is 2.64. The second-order valence-corrected chi connectivity index (χ2v) is 7.69. The van der Waals surface area contributed by atoms with Crippen molar-refractivity contribution in [3.63, 3.8) is 0 Å². The molecule has 0 saturated carbocycles. The van der Waals surface area contributed by atoms with Gasteiger partial charge in [0.1, 0.15) is 18.7 Å². The predicted octanol–water partition coefficient (Wildman–Crippen LogP) is 1.94. The van der Waals surface area contributed by atoms with E-state index < -0.39 is 0 Å². The Hall–Kier alpha value is -2.35. The molecular formula is C17H18N4O3S. The highest BCUT2D eigenvalue weighted by Gasteiger charge is 2.48. The van der Waals surface area contributed by atoms with Crippen LogP contribution >= 0.6 is 11.3 Å². The van der Waals surface area contributed by atoms with E-state index in [1.165, 1.54) is 0 Å². The fourth-order valence-corrected chi connectivity index (χ4v) is 4.60. The molecule has 0 aliphatic carbocycles. The highest BCUT2D eigenvalue weighted by molar-refractivity contribution is 7.13. The van der Waals surface area contributed by atoms with Gasteiger partial charge in [-0.1, -0.05) is 11.3 Å². The standard InChI is InChI=1S/C17H18N4O3S/c22-15-8-17(3-4-20(9-17)16-19-18-11-25-16)10-21(15)12-1-2-13-14(7-12)24-6-5-23-13/h1-2,7,11H,3-6,8-10H2/t17-/m1/s1. The van der Waals surface area contributed by atoms with Crippen LogP contribution in [0.2, 0.25) is 0 Å². The summed E-state index contributed by atoms with van der Waals surface area (Å²) in [6.07, 6.45) is 1.58. The van der Waals surface area contributed by atoms with Crippen LogP contribution in [0.4, 0.5) is 10.8 Å². The molecule has 0 unspecified atom stereocenters. The van der Waals surface area contributed by atoms with Crippen molar-refractivity contribution in [1.29, 1.82) is 0 Å². The van der Waals surface area contributed by atoms with Crippen molar-refractivity contribution in [1.82, 2.24) is 10.2 Å². The fourth-order valence-electron chi connectivity index (χ4n) is 4.01. The zero-order valence-corrected chi connectivity index (χ0v) is 14.5. The van der Waals surface area contributed by atoms with Crippen molar-refractivity contribution in [2.75, 3.05) is 42.6 Å². The van der Waals surface area contributed by atoms with E-state index in [1.807, 2.05) is 23.1 Å². The first kappa shape index (κ1) is 14.9. The molecule has 1 atom stereocenters. The second-order valence-electron chi connectivity index (χ2n) is 6.88. The van der Waals surface area contributed by atoms with Crippen LogP contribution in [0.25, 0.3) is 0 Å². The highest BCUT2D eigenvalue weighted by atomic mass is 32.1. The van der Waals surface area contributed by atoms with Gasteiger partial charge in [0.05, 0.1) is 0 Å². The topological polar surface area (TPSA) is 67.8 Å². The number of amides is 1. The quantitative estimate of drug-likeness (QED) is 0.817. The number of ether oxygens (including phenoxy) is 2. The van der Waals surface area contributed by atoms with Crippen LogP contribution in [-0.2, 0) is 4.79 Å². The van der Waals surface area contributed by atoms with Crippen molar-refractivity contribution < 1.29 is 14.3 Å². The van der Waals surface area contributed by atoms with Crippen LogP contribution < -0.4 is 19.3 Å². The molecule has 7 nitrogen and oxygen atoms in total. The van der Waals surface area contributed by atoms with Crippen LogP contribution in [0.5, 0.6) is 11.5 Å². The fraction of sp³-hybridized carbons (Fsp3) is 0.471. The zero-order chi connectivity index (χ0) is 16.9. The molecule has 0 radical (unpaired) electrons. The molecule has 2 aromatic rings. The summed E-state index contributed by atoms with van der Waals surface area (Å²) in [5.74, 6) is 1.65. The molecule has 1 amide bonds. The molecule has 0 N–H and O–H groups in total. The molecule has 1 aromatic heterocycles. The van der Waals surface area contributed by atoms with Gasteiger partial charge in [-0.3, -0.25) is 4.79 Å². The number of rotatable bonds is 2. The van der Waals surface area contributed by atoms with E-state index in [-0.39, 0.29) is 11.3 Å². The summed E-state index contributed by atoms with van der Waals surface area (Å²) in [7, 11) is 0. The van der Waals surface area contributed by atoms with Gasteiger partial charge in [-0.05, 0) is 18.6 Å². The third-order valence-electron chi connectivity index (χ3n) is 5.22. The van der Waals surface area contributed by atoms with Crippen LogP contribution in [0.15, 0.2) is 23.7 Å². The van der Waals surface area contributed by atoms with Crippen molar-refractivity contribution in [2.24, 2.45) is 5.41 Å². The molecule has 3 aliphatic heterocycles. The number of carbonyl (C=O) groups excluding carboxylic acids is 1. The van der Waals surface area contributed by atoms with Crippen molar-refractivity contribution >= 4 is 28.1 Å². The molecule has 1 aromatic carbocycles. The van der Waals surface area contributed by atoms with E-state index in [2.05, 4.69) is 15.1 Å². The first-order valence-corrected chi connectivity index (χ1v) is 9.32. The Morgan fingerprint density at radius 3 is 2.88 bits per heavy atom. The minimum atomic E-state index is -0.00395. The van der Waals surface area contributed by atoms with E-state index in [9.17, 15) is 4.79 Å². The minimum Gasteiger partial charge on any atom is -0.486 e. The Labute approximate surface area is 149 Å². The van der Waals surface area contributed by atoms with Crippen LogP contribution in [-0.4, -0.2) is 49.0 Å². The second kappa shape index (κ2) is 5.59. The summed E-state index contributed by atoms with van der Waals surface area (Å²) in [6.45, 7) is 3.64. The van der Waals surface area contributed by atoms with E-state index >= 15 is 0 Å². The smallest absolute Gasteiger partial charge is 0.227 e. The third-order valence-corrected chi connectivity index (χ3v) is 5.97. The molecular weight excluding hydrogens is 340 g/mol. The van der Waals surface area contributed by atoms with Gasteiger partial charge in [0.15, 0.2) is 11.5 Å². The summed E-state index contributed by atoms with van der Waals surface area (Å²) >= 11 is 1.55. The molecule has 2 saturated heterocycles. The lowest BCUT2D eigenvalue weighted by atomic mass is 9.86. The van der Waals surface area contributed by atoms with E-state index in [4.69, 9.17) is 9.47 Å². The van der Waals surface area contributed by atoms with E-state index in [0.29, 0.717) is 19.6 Å². The van der Waals surface area contributed by atoms with Gasteiger partial charge in [-0.25, -0.2) is 0 Å². The first-order chi connectivity index (χ1) is 12.2. The van der Waals surface area contributed by atoms with Crippen LogP contribution in [0.3, 0.4) is 0 Å². The molecule has 130 valence electrons. The average Bonchev–Trinajstić information content (AvgIpc) is 3.35. The van der Waals surface area contributed by atoms with Crippen molar-refractivity contribution in [2.45, 2.75) is 12.8 Å². The molecule has 4 heterocycles. The maximum atomic E-state index is 12.7. The summed E-state index contributed by atoms with van der Waals surface area (Å²) in [4.78, 5) is 16.8. The lowest BCUT2D eigenvalue weighted by molar-refractivity contribution is -0.117. The number of benzene rings is 1. The monoisotopic (exact) mass is 358 g/mol. The summed E-state index contributed by atoms with van der Waals surface area (Å²) < 4.78 is 11.2. The normalized spacial score (nSPS) is 25.2. The lowest BCUT2D eigenvalue weighted by Gasteiger charge is -2.25. The SMILES string of the molecule is O=C1C[C@@]2(CCN(c3nncs3)C2)CN1c1ccc2c(c1)OCCO2. The molecule has 3 aliphatic rings.